The van der Waals surface area contributed by atoms with Gasteiger partial charge in [0.25, 0.3) is 0 Å². The number of rotatable bonds is 3. The van der Waals surface area contributed by atoms with Crippen molar-refractivity contribution in [2.24, 2.45) is 0 Å². The molecule has 0 bridgehead atoms. The molecule has 0 heterocycles. The number of benzene rings is 2. The Kier molecular flexibility index (Phi) is 4.50. The first-order valence-electron chi connectivity index (χ1n) is 7.80. The fourth-order valence-electron chi connectivity index (χ4n) is 3.21. The molecule has 21 heavy (non-hydrogen) atoms. The summed E-state index contributed by atoms with van der Waals surface area (Å²) < 4.78 is 0. The Morgan fingerprint density at radius 2 is 1.67 bits per heavy atom. The maximum Gasteiger partial charge on any atom is 0.0455 e. The van der Waals surface area contributed by atoms with Crippen molar-refractivity contribution in [3.8, 4) is 0 Å². The lowest BCUT2D eigenvalue weighted by Crippen LogP contribution is -2.25. The summed E-state index contributed by atoms with van der Waals surface area (Å²) in [4.78, 5) is 0. The molecule has 110 valence electrons. The van der Waals surface area contributed by atoms with Crippen molar-refractivity contribution in [1.29, 1.82) is 0 Å². The zero-order valence-corrected chi connectivity index (χ0v) is 13.2. The van der Waals surface area contributed by atoms with Crippen LogP contribution in [0.25, 0.3) is 0 Å². The molecule has 3 rings (SSSR count). The molecule has 0 atom stereocenters. The molecule has 2 aromatic rings. The van der Waals surface area contributed by atoms with Crippen LogP contribution < -0.4 is 5.32 Å². The highest BCUT2D eigenvalue weighted by atomic mass is 35.5. The first-order valence-corrected chi connectivity index (χ1v) is 8.18. The average molecular weight is 300 g/mol. The summed E-state index contributed by atoms with van der Waals surface area (Å²) in [6.45, 7) is 2.04. The fraction of sp³-hybridized carbons (Fsp3) is 0.368. The summed E-state index contributed by atoms with van der Waals surface area (Å²) in [6, 6.07) is 17.7. The summed E-state index contributed by atoms with van der Waals surface area (Å²) in [7, 11) is 0. The van der Waals surface area contributed by atoms with Crippen LogP contribution in [0.3, 0.4) is 0 Å². The van der Waals surface area contributed by atoms with Gasteiger partial charge in [0.05, 0.1) is 0 Å². The van der Waals surface area contributed by atoms with Crippen LogP contribution in [0.2, 0.25) is 5.02 Å². The second-order valence-corrected chi connectivity index (χ2v) is 6.47. The Morgan fingerprint density at radius 1 is 0.952 bits per heavy atom. The third-order valence-corrected chi connectivity index (χ3v) is 4.95. The van der Waals surface area contributed by atoms with Crippen LogP contribution >= 0.6 is 11.6 Å². The molecule has 0 radical (unpaired) electrons. The predicted octanol–water partition coefficient (Wildman–Crippen LogP) is 5.79. The third kappa shape index (κ3) is 3.59. The van der Waals surface area contributed by atoms with Gasteiger partial charge in [-0.15, -0.1) is 0 Å². The molecular weight excluding hydrogens is 278 g/mol. The first kappa shape index (κ1) is 14.5. The predicted molar refractivity (Wildman–Crippen MR) is 91.3 cm³/mol. The zero-order chi connectivity index (χ0) is 14.7. The van der Waals surface area contributed by atoms with Gasteiger partial charge in [-0.05, 0) is 61.8 Å². The first-order chi connectivity index (χ1) is 10.2. The van der Waals surface area contributed by atoms with Crippen molar-refractivity contribution in [2.75, 3.05) is 5.32 Å². The van der Waals surface area contributed by atoms with Crippen molar-refractivity contribution in [3.05, 3.63) is 64.7 Å². The van der Waals surface area contributed by atoms with E-state index < -0.39 is 0 Å². The molecule has 0 spiro atoms. The lowest BCUT2D eigenvalue weighted by molar-refractivity contribution is 0.412. The second kappa shape index (κ2) is 6.53. The van der Waals surface area contributed by atoms with E-state index in [1.807, 2.05) is 13.0 Å². The van der Waals surface area contributed by atoms with E-state index in [0.717, 1.165) is 22.2 Å². The second-order valence-electron chi connectivity index (χ2n) is 6.07. The Hall–Kier alpha value is -1.47. The topological polar surface area (TPSA) is 12.0 Å². The lowest BCUT2D eigenvalue weighted by Gasteiger charge is -2.30. The molecule has 1 aliphatic rings. The van der Waals surface area contributed by atoms with Crippen molar-refractivity contribution in [2.45, 2.75) is 44.6 Å². The molecular formula is C19H22ClN. The minimum Gasteiger partial charge on any atom is -0.382 e. The third-order valence-electron chi connectivity index (χ3n) is 4.54. The minimum absolute atomic E-state index is 0.573. The van der Waals surface area contributed by atoms with E-state index >= 15 is 0 Å². The van der Waals surface area contributed by atoms with E-state index in [0.29, 0.717) is 6.04 Å². The Bertz CT molecular complexity index is 586. The van der Waals surface area contributed by atoms with Crippen LogP contribution in [-0.2, 0) is 0 Å². The quantitative estimate of drug-likeness (QED) is 0.756. The van der Waals surface area contributed by atoms with Gasteiger partial charge in [-0.1, -0.05) is 48.0 Å². The molecule has 2 heteroatoms. The van der Waals surface area contributed by atoms with E-state index in [2.05, 4.69) is 47.8 Å². The SMILES string of the molecule is Cc1ccc(NC2CCC(c3ccccc3)CC2)cc1Cl. The van der Waals surface area contributed by atoms with Crippen LogP contribution in [0, 0.1) is 6.92 Å². The smallest absolute Gasteiger partial charge is 0.0455 e. The van der Waals surface area contributed by atoms with Gasteiger partial charge in [0.1, 0.15) is 0 Å². The molecule has 1 N–H and O–H groups in total. The normalized spacial score (nSPS) is 22.0. The summed E-state index contributed by atoms with van der Waals surface area (Å²) >= 11 is 6.19. The van der Waals surface area contributed by atoms with Gasteiger partial charge in [0, 0.05) is 16.8 Å². The largest absolute Gasteiger partial charge is 0.382 e. The molecule has 1 saturated carbocycles. The Labute approximate surface area is 132 Å². The van der Waals surface area contributed by atoms with Crippen molar-refractivity contribution in [1.82, 2.24) is 0 Å². The number of halogens is 1. The van der Waals surface area contributed by atoms with Crippen LogP contribution in [-0.4, -0.2) is 6.04 Å². The van der Waals surface area contributed by atoms with Crippen LogP contribution in [0.5, 0.6) is 0 Å². The molecule has 2 aromatic carbocycles. The number of nitrogens with one attached hydrogen (secondary N) is 1. The van der Waals surface area contributed by atoms with Gasteiger partial charge in [-0.25, -0.2) is 0 Å². The molecule has 0 amide bonds. The standard InChI is InChI=1S/C19H22ClN/c1-14-7-10-18(13-19(14)20)21-17-11-8-16(9-12-17)15-5-3-2-4-6-15/h2-7,10,13,16-17,21H,8-9,11-12H2,1H3. The average Bonchev–Trinajstić information content (AvgIpc) is 2.53. The highest BCUT2D eigenvalue weighted by molar-refractivity contribution is 6.31. The monoisotopic (exact) mass is 299 g/mol. The van der Waals surface area contributed by atoms with Crippen molar-refractivity contribution < 1.29 is 0 Å². The fourth-order valence-corrected chi connectivity index (χ4v) is 3.40. The Balaban J connectivity index is 1.57. The van der Waals surface area contributed by atoms with Crippen LogP contribution in [0.15, 0.2) is 48.5 Å². The summed E-state index contributed by atoms with van der Waals surface area (Å²) in [5, 5.41) is 4.48. The van der Waals surface area contributed by atoms with Crippen molar-refractivity contribution >= 4 is 17.3 Å². The highest BCUT2D eigenvalue weighted by Crippen LogP contribution is 2.34. The maximum atomic E-state index is 6.19. The van der Waals surface area contributed by atoms with E-state index in [4.69, 9.17) is 11.6 Å². The maximum absolute atomic E-state index is 6.19. The molecule has 0 saturated heterocycles. The summed E-state index contributed by atoms with van der Waals surface area (Å²) in [5.41, 5.74) is 3.78. The van der Waals surface area contributed by atoms with Gasteiger partial charge in [-0.3, -0.25) is 0 Å². The van der Waals surface area contributed by atoms with Gasteiger partial charge >= 0.3 is 0 Å². The molecule has 0 aromatic heterocycles. The van der Waals surface area contributed by atoms with Gasteiger partial charge in [-0.2, -0.15) is 0 Å². The molecule has 1 aliphatic carbocycles. The number of aryl methyl sites for hydroxylation is 1. The number of hydrogen-bond acceptors (Lipinski definition) is 1. The molecule has 0 unspecified atom stereocenters. The van der Waals surface area contributed by atoms with Gasteiger partial charge in [0.15, 0.2) is 0 Å². The molecule has 0 aliphatic heterocycles. The molecule has 1 fully saturated rings. The highest BCUT2D eigenvalue weighted by Gasteiger charge is 2.22. The van der Waals surface area contributed by atoms with E-state index in [1.165, 1.54) is 31.2 Å². The number of hydrogen-bond donors (Lipinski definition) is 1. The summed E-state index contributed by atoms with van der Waals surface area (Å²) in [6.07, 6.45) is 4.98. The number of anilines is 1. The van der Waals surface area contributed by atoms with E-state index in [9.17, 15) is 0 Å². The summed E-state index contributed by atoms with van der Waals surface area (Å²) in [5.74, 6) is 0.728. The van der Waals surface area contributed by atoms with Gasteiger partial charge < -0.3 is 5.32 Å². The van der Waals surface area contributed by atoms with Crippen LogP contribution in [0.4, 0.5) is 5.69 Å². The molecule has 1 nitrogen and oxygen atoms in total. The van der Waals surface area contributed by atoms with E-state index in [1.54, 1.807) is 0 Å². The zero-order valence-electron chi connectivity index (χ0n) is 12.5. The lowest BCUT2D eigenvalue weighted by atomic mass is 9.82. The Morgan fingerprint density at radius 3 is 2.33 bits per heavy atom. The van der Waals surface area contributed by atoms with E-state index in [-0.39, 0.29) is 0 Å². The van der Waals surface area contributed by atoms with Crippen LogP contribution in [0.1, 0.15) is 42.7 Å². The van der Waals surface area contributed by atoms with Gasteiger partial charge in [0.2, 0.25) is 0 Å². The minimum atomic E-state index is 0.573. The van der Waals surface area contributed by atoms with Crippen molar-refractivity contribution in [3.63, 3.8) is 0 Å².